The van der Waals surface area contributed by atoms with Gasteiger partial charge in [-0.3, -0.25) is 9.97 Å². The number of aromatic nitrogens is 2. The summed E-state index contributed by atoms with van der Waals surface area (Å²) in [7, 11) is 0. The predicted molar refractivity (Wildman–Crippen MR) is 145 cm³/mol. The van der Waals surface area contributed by atoms with Crippen molar-refractivity contribution in [3.8, 4) is 39.4 Å². The normalized spacial score (nSPS) is 11.2. The molecule has 0 aliphatic rings. The molecule has 0 fully saturated rings. The van der Waals surface area contributed by atoms with Crippen LogP contribution in [0.2, 0.25) is 0 Å². The maximum atomic E-state index is 10.4. The first-order valence-electron chi connectivity index (χ1n) is 12.1. The molecule has 0 radical (unpaired) electrons. The number of phenols is 1. The zero-order valence-electron chi connectivity index (χ0n) is 20.9. The molecule has 3 aromatic carbocycles. The zero-order valence-corrected chi connectivity index (χ0v) is 23.2. The molecule has 0 saturated heterocycles. The fourth-order valence-corrected chi connectivity index (χ4v) is 4.68. The van der Waals surface area contributed by atoms with Crippen LogP contribution in [0.15, 0.2) is 85.1 Å². The van der Waals surface area contributed by atoms with Crippen LogP contribution in [0.25, 0.3) is 44.5 Å². The largest absolute Gasteiger partial charge is 0.506 e. The molecular formula is C32H29N2OPt-. The van der Waals surface area contributed by atoms with Crippen molar-refractivity contribution in [2.75, 3.05) is 0 Å². The molecule has 3 nitrogen and oxygen atoms in total. The van der Waals surface area contributed by atoms with Gasteiger partial charge in [-0.15, -0.1) is 18.2 Å². The van der Waals surface area contributed by atoms with Crippen LogP contribution in [0.5, 0.6) is 5.75 Å². The van der Waals surface area contributed by atoms with E-state index >= 15 is 0 Å². The number of fused-ring (bicyclic) bond motifs is 1. The van der Waals surface area contributed by atoms with Gasteiger partial charge in [0, 0.05) is 44.0 Å². The van der Waals surface area contributed by atoms with Crippen LogP contribution < -0.4 is 0 Å². The zero-order chi connectivity index (χ0) is 24.5. The third-order valence-electron chi connectivity index (χ3n) is 6.45. The van der Waals surface area contributed by atoms with Gasteiger partial charge in [0.2, 0.25) is 0 Å². The molecule has 1 N–H and O–H groups in total. The van der Waals surface area contributed by atoms with Crippen LogP contribution in [0.4, 0.5) is 0 Å². The second-order valence-electron chi connectivity index (χ2n) is 9.58. The van der Waals surface area contributed by atoms with Gasteiger partial charge in [0.15, 0.2) is 0 Å². The summed E-state index contributed by atoms with van der Waals surface area (Å²) in [6.45, 7) is 8.97. The van der Waals surface area contributed by atoms with Crippen LogP contribution in [0.1, 0.15) is 50.7 Å². The molecular weight excluding hydrogens is 623 g/mol. The molecule has 2 heterocycles. The first kappa shape index (κ1) is 25.8. The summed E-state index contributed by atoms with van der Waals surface area (Å²) in [5.41, 5.74) is 9.08. The summed E-state index contributed by atoms with van der Waals surface area (Å²) in [6, 6.07) is 29.9. The minimum absolute atomic E-state index is 0. The fraction of sp³-hybridized carbons (Fsp3) is 0.188. The Morgan fingerprint density at radius 2 is 1.39 bits per heavy atom. The van der Waals surface area contributed by atoms with Gasteiger partial charge < -0.3 is 5.11 Å². The summed E-state index contributed by atoms with van der Waals surface area (Å²) in [6.07, 6.45) is 1.81. The Morgan fingerprint density at radius 3 is 2.03 bits per heavy atom. The Hall–Kier alpha value is -3.29. The minimum atomic E-state index is 0. The molecule has 5 aromatic rings. The van der Waals surface area contributed by atoms with Crippen LogP contribution in [-0.4, -0.2) is 15.1 Å². The average Bonchev–Trinajstić information content (AvgIpc) is 2.88. The summed E-state index contributed by atoms with van der Waals surface area (Å²) in [5.74, 6) is 0.938. The molecule has 0 saturated carbocycles. The first-order valence-corrected chi connectivity index (χ1v) is 12.1. The Morgan fingerprint density at radius 1 is 0.722 bits per heavy atom. The van der Waals surface area contributed by atoms with Crippen molar-refractivity contribution in [3.05, 3.63) is 102 Å². The van der Waals surface area contributed by atoms with Crippen molar-refractivity contribution < 1.29 is 26.2 Å². The Bertz CT molecular complexity index is 1480. The van der Waals surface area contributed by atoms with Crippen molar-refractivity contribution in [1.29, 1.82) is 0 Å². The number of nitrogens with zero attached hydrogens (tertiary/aromatic N) is 2. The van der Waals surface area contributed by atoms with E-state index in [0.29, 0.717) is 17.4 Å². The van der Waals surface area contributed by atoms with E-state index in [1.165, 1.54) is 16.7 Å². The third-order valence-corrected chi connectivity index (χ3v) is 6.45. The summed E-state index contributed by atoms with van der Waals surface area (Å²) in [5, 5.41) is 11.3. The second-order valence-corrected chi connectivity index (χ2v) is 9.58. The number of phenolic OH excluding ortho intramolecular Hbond substituents is 1. The van der Waals surface area contributed by atoms with Crippen molar-refractivity contribution in [2.24, 2.45) is 0 Å². The van der Waals surface area contributed by atoms with Gasteiger partial charge >= 0.3 is 0 Å². The third kappa shape index (κ3) is 4.99. The van der Waals surface area contributed by atoms with Crippen molar-refractivity contribution >= 4 is 10.9 Å². The minimum Gasteiger partial charge on any atom is -0.506 e. The number of pyridine rings is 2. The number of hydrogen-bond donors (Lipinski definition) is 1. The van der Waals surface area contributed by atoms with Crippen molar-refractivity contribution in [2.45, 2.75) is 39.5 Å². The Labute approximate surface area is 227 Å². The van der Waals surface area contributed by atoms with Crippen LogP contribution in [0.3, 0.4) is 0 Å². The van der Waals surface area contributed by atoms with E-state index in [4.69, 9.17) is 4.98 Å². The Balaban J connectivity index is 0.00000304. The molecule has 0 spiro atoms. The second kappa shape index (κ2) is 10.8. The average molecular weight is 653 g/mol. The molecule has 5 rings (SSSR count). The van der Waals surface area contributed by atoms with Gasteiger partial charge in [-0.2, -0.15) is 0 Å². The summed E-state index contributed by atoms with van der Waals surface area (Å²) < 4.78 is 0. The maximum absolute atomic E-state index is 10.4. The quantitative estimate of drug-likeness (QED) is 0.194. The van der Waals surface area contributed by atoms with Gasteiger partial charge in [0.25, 0.3) is 0 Å². The predicted octanol–water partition coefficient (Wildman–Crippen LogP) is 8.38. The van der Waals surface area contributed by atoms with E-state index in [2.05, 4.69) is 69.1 Å². The summed E-state index contributed by atoms with van der Waals surface area (Å²) >= 11 is 0. The molecule has 36 heavy (non-hydrogen) atoms. The van der Waals surface area contributed by atoms with Crippen molar-refractivity contribution in [1.82, 2.24) is 9.97 Å². The smallest absolute Gasteiger partial charge is 0.141 e. The van der Waals surface area contributed by atoms with Gasteiger partial charge in [-0.05, 0) is 40.7 Å². The van der Waals surface area contributed by atoms with Crippen LogP contribution >= 0.6 is 0 Å². The molecule has 0 atom stereocenters. The fourth-order valence-electron chi connectivity index (χ4n) is 4.68. The Kier molecular flexibility index (Phi) is 7.71. The number of benzene rings is 3. The number of para-hydroxylation sites is 1. The monoisotopic (exact) mass is 652 g/mol. The maximum Gasteiger partial charge on any atom is 0.141 e. The number of aromatic hydroxyl groups is 1. The molecule has 0 unspecified atom stereocenters. The van der Waals surface area contributed by atoms with E-state index in [-0.39, 0.29) is 26.8 Å². The molecule has 184 valence electrons. The van der Waals surface area contributed by atoms with E-state index in [1.807, 2.05) is 48.7 Å². The van der Waals surface area contributed by atoms with E-state index in [1.54, 1.807) is 6.07 Å². The molecule has 4 heteroatoms. The molecule has 0 amide bonds. The van der Waals surface area contributed by atoms with E-state index in [0.717, 1.165) is 33.5 Å². The first-order chi connectivity index (χ1) is 16.9. The topological polar surface area (TPSA) is 46.0 Å². The van der Waals surface area contributed by atoms with Gasteiger partial charge in [-0.1, -0.05) is 99.0 Å². The molecule has 0 aliphatic heterocycles. The standard InChI is InChI=1S/C32H29N2O.Pt/c1-20(2)26-10-8-11-27(21(3)4)31(26)25-18-23(28-12-5-6-16-33-28)17-24(19-25)29-15-14-22-9-7-13-30(35)32(22)34-29;/h5-16,18-21,35H,1-4H3;/q-1;. The SMILES string of the molecule is CC(C)c1cccc(C(C)C)c1-c1cc(-c2ccccn2)[c-]c(-c2ccc3cccc(O)c3n2)c1.[Pt]. The van der Waals surface area contributed by atoms with Gasteiger partial charge in [-0.25, -0.2) is 0 Å². The van der Waals surface area contributed by atoms with Crippen LogP contribution in [-0.2, 0) is 21.1 Å². The number of hydrogen-bond acceptors (Lipinski definition) is 3. The number of rotatable bonds is 5. The van der Waals surface area contributed by atoms with E-state index < -0.39 is 0 Å². The van der Waals surface area contributed by atoms with Gasteiger partial charge in [0.1, 0.15) is 11.3 Å². The molecule has 0 bridgehead atoms. The van der Waals surface area contributed by atoms with E-state index in [9.17, 15) is 5.11 Å². The van der Waals surface area contributed by atoms with Crippen molar-refractivity contribution in [3.63, 3.8) is 0 Å². The van der Waals surface area contributed by atoms with Crippen LogP contribution in [0, 0.1) is 6.07 Å². The summed E-state index contributed by atoms with van der Waals surface area (Å²) in [4.78, 5) is 9.43. The molecule has 0 aliphatic carbocycles. The van der Waals surface area contributed by atoms with Gasteiger partial charge in [0.05, 0.1) is 0 Å². The molecule has 2 aromatic heterocycles.